The largest absolute Gasteiger partial charge is 2.00 e. The van der Waals surface area contributed by atoms with Crippen LogP contribution in [0.1, 0.15) is 20.8 Å². The van der Waals surface area contributed by atoms with Gasteiger partial charge in [0, 0.05) is 39.3 Å². The van der Waals surface area contributed by atoms with Crippen molar-refractivity contribution in [2.75, 3.05) is 58.9 Å². The zero-order valence-corrected chi connectivity index (χ0v) is 15.9. The second-order valence-electron chi connectivity index (χ2n) is 4.30. The Bertz CT molecular complexity index is 135. The summed E-state index contributed by atoms with van der Waals surface area (Å²) in [5.41, 5.74) is 0. The van der Waals surface area contributed by atoms with E-state index in [4.69, 9.17) is 0 Å². The van der Waals surface area contributed by atoms with E-state index in [1.54, 1.807) is 0 Å². The molecule has 0 spiro atoms. The Morgan fingerprint density at radius 1 is 0.556 bits per heavy atom. The van der Waals surface area contributed by atoms with Gasteiger partial charge in [-0.2, -0.15) is 0 Å². The Kier molecular flexibility index (Phi) is 20.0. The van der Waals surface area contributed by atoms with Crippen LogP contribution < -0.4 is 34.0 Å². The van der Waals surface area contributed by atoms with E-state index in [9.17, 15) is 0 Å². The summed E-state index contributed by atoms with van der Waals surface area (Å²) in [6.07, 6.45) is 0. The molecule has 3 nitrogen and oxygen atoms in total. The molecule has 0 aromatic carbocycles. The third-order valence-electron chi connectivity index (χ3n) is 3.54. The molecule has 1 heterocycles. The van der Waals surface area contributed by atoms with E-state index < -0.39 is 0 Å². The Morgan fingerprint density at radius 2 is 0.722 bits per heavy atom. The van der Waals surface area contributed by atoms with Crippen LogP contribution in [0.25, 0.3) is 0 Å². The van der Waals surface area contributed by atoms with Crippen LogP contribution in [0.15, 0.2) is 0 Å². The van der Waals surface area contributed by atoms with Gasteiger partial charge in [-0.3, -0.25) is 0 Å². The van der Waals surface area contributed by atoms with E-state index in [1.165, 1.54) is 58.9 Å². The van der Waals surface area contributed by atoms with Gasteiger partial charge in [-0.15, -0.1) is 0 Å². The number of halogens is 2. The zero-order valence-electron chi connectivity index (χ0n) is 11.8. The SMILES string of the molecule is CCN1CCN(CC)CCN(CC)CC1.[Br-].[Br-].[Cu+2]. The Hall–Kier alpha value is 1.36. The molecule has 0 atom stereocenters. The first-order valence-corrected chi connectivity index (χ1v) is 6.47. The summed E-state index contributed by atoms with van der Waals surface area (Å²) < 4.78 is 0. The number of nitrogens with zero attached hydrogens (tertiary/aromatic N) is 3. The Labute approximate surface area is 145 Å². The maximum Gasteiger partial charge on any atom is 2.00 e. The van der Waals surface area contributed by atoms with Crippen molar-refractivity contribution in [1.29, 1.82) is 0 Å². The maximum absolute atomic E-state index is 2.57. The molecule has 1 saturated heterocycles. The van der Waals surface area contributed by atoms with Crippen molar-refractivity contribution in [2.45, 2.75) is 20.8 Å². The quantitative estimate of drug-likeness (QED) is 0.410. The van der Waals surface area contributed by atoms with E-state index in [0.717, 1.165) is 0 Å². The van der Waals surface area contributed by atoms with Gasteiger partial charge in [0.1, 0.15) is 0 Å². The van der Waals surface area contributed by atoms with Crippen molar-refractivity contribution < 1.29 is 51.0 Å². The average molecular weight is 437 g/mol. The first kappa shape index (κ1) is 24.4. The van der Waals surface area contributed by atoms with Crippen LogP contribution in [-0.2, 0) is 17.1 Å². The summed E-state index contributed by atoms with van der Waals surface area (Å²) in [5.74, 6) is 0. The molecule has 115 valence electrons. The fraction of sp³-hybridized carbons (Fsp3) is 1.00. The van der Waals surface area contributed by atoms with Gasteiger partial charge in [-0.1, -0.05) is 20.8 Å². The van der Waals surface area contributed by atoms with E-state index in [1.807, 2.05) is 0 Å². The molecule has 0 aliphatic carbocycles. The molecule has 0 unspecified atom stereocenters. The van der Waals surface area contributed by atoms with Gasteiger partial charge >= 0.3 is 17.1 Å². The van der Waals surface area contributed by atoms with E-state index >= 15 is 0 Å². The molecule has 1 rings (SSSR count). The molecule has 0 amide bonds. The number of hydrogen-bond acceptors (Lipinski definition) is 3. The summed E-state index contributed by atoms with van der Waals surface area (Å²) in [7, 11) is 0. The van der Waals surface area contributed by atoms with E-state index in [-0.39, 0.29) is 51.0 Å². The van der Waals surface area contributed by atoms with Crippen molar-refractivity contribution in [1.82, 2.24) is 14.7 Å². The number of rotatable bonds is 3. The summed E-state index contributed by atoms with van der Waals surface area (Å²) in [5, 5.41) is 0. The van der Waals surface area contributed by atoms with Crippen LogP contribution in [0.4, 0.5) is 0 Å². The molecule has 0 saturated carbocycles. The van der Waals surface area contributed by atoms with E-state index in [0.29, 0.717) is 0 Å². The Morgan fingerprint density at radius 3 is 0.833 bits per heavy atom. The molecule has 18 heavy (non-hydrogen) atoms. The monoisotopic (exact) mass is 434 g/mol. The van der Waals surface area contributed by atoms with Gasteiger partial charge in [0.25, 0.3) is 0 Å². The van der Waals surface area contributed by atoms with Crippen LogP contribution in [0.2, 0.25) is 0 Å². The average Bonchev–Trinajstić information content (AvgIpc) is 2.38. The van der Waals surface area contributed by atoms with Crippen molar-refractivity contribution in [3.8, 4) is 0 Å². The standard InChI is InChI=1S/C12H27N3.2BrH.Cu/c1-4-13-7-9-14(5-2)11-12-15(6-3)10-8-13;;;/h4-12H2,1-3H3;2*1H;/q;;;+2/p-2. The van der Waals surface area contributed by atoms with Gasteiger partial charge in [0.2, 0.25) is 0 Å². The molecule has 1 aliphatic rings. The van der Waals surface area contributed by atoms with Crippen LogP contribution in [0, 0.1) is 0 Å². The summed E-state index contributed by atoms with van der Waals surface area (Å²) in [6, 6.07) is 0. The Balaban J connectivity index is -0.000000750. The molecule has 0 aromatic rings. The van der Waals surface area contributed by atoms with Crippen molar-refractivity contribution in [3.63, 3.8) is 0 Å². The number of hydrogen-bond donors (Lipinski definition) is 0. The molecule has 1 radical (unpaired) electrons. The summed E-state index contributed by atoms with van der Waals surface area (Å²) >= 11 is 0. The second-order valence-corrected chi connectivity index (χ2v) is 4.30. The summed E-state index contributed by atoms with van der Waals surface area (Å²) in [4.78, 5) is 7.70. The van der Waals surface area contributed by atoms with Crippen LogP contribution in [0.3, 0.4) is 0 Å². The van der Waals surface area contributed by atoms with E-state index in [2.05, 4.69) is 35.5 Å². The number of likely N-dealkylation sites (N-methyl/N-ethyl adjacent to an activating group) is 3. The van der Waals surface area contributed by atoms with Crippen molar-refractivity contribution in [2.24, 2.45) is 0 Å². The molecule has 0 bridgehead atoms. The molecule has 0 aromatic heterocycles. The van der Waals surface area contributed by atoms with Crippen LogP contribution in [0.5, 0.6) is 0 Å². The van der Waals surface area contributed by atoms with Gasteiger partial charge in [0.05, 0.1) is 0 Å². The van der Waals surface area contributed by atoms with Gasteiger partial charge in [0.15, 0.2) is 0 Å². The summed E-state index contributed by atoms with van der Waals surface area (Å²) in [6.45, 7) is 17.8. The van der Waals surface area contributed by atoms with Gasteiger partial charge in [-0.05, 0) is 19.6 Å². The van der Waals surface area contributed by atoms with Gasteiger partial charge in [-0.25, -0.2) is 0 Å². The van der Waals surface area contributed by atoms with Crippen molar-refractivity contribution >= 4 is 0 Å². The maximum atomic E-state index is 2.57. The predicted molar refractivity (Wildman–Crippen MR) is 66.3 cm³/mol. The predicted octanol–water partition coefficient (Wildman–Crippen LogP) is -5.03. The molecule has 6 heteroatoms. The minimum atomic E-state index is 0. The first-order valence-electron chi connectivity index (χ1n) is 6.47. The fourth-order valence-corrected chi connectivity index (χ4v) is 2.13. The van der Waals surface area contributed by atoms with Crippen molar-refractivity contribution in [3.05, 3.63) is 0 Å². The third kappa shape index (κ3) is 9.29. The van der Waals surface area contributed by atoms with Crippen LogP contribution >= 0.6 is 0 Å². The smallest absolute Gasteiger partial charge is 1.00 e. The first-order chi connectivity index (χ1) is 7.30. The zero-order chi connectivity index (χ0) is 11.1. The third-order valence-corrected chi connectivity index (χ3v) is 3.54. The minimum absolute atomic E-state index is 0. The molecule has 1 fully saturated rings. The molecule has 0 N–H and O–H groups in total. The molecular weight excluding hydrogens is 410 g/mol. The minimum Gasteiger partial charge on any atom is -1.00 e. The second kappa shape index (κ2) is 14.8. The fourth-order valence-electron chi connectivity index (χ4n) is 2.13. The molecular formula is C12H27Br2CuN3. The van der Waals surface area contributed by atoms with Gasteiger partial charge < -0.3 is 48.7 Å². The molecule has 1 aliphatic heterocycles. The topological polar surface area (TPSA) is 9.72 Å². The normalized spacial score (nSPS) is 19.5. The van der Waals surface area contributed by atoms with Crippen LogP contribution in [-0.4, -0.2) is 73.6 Å².